The first kappa shape index (κ1) is 16.9. The SMILES string of the molecule is O=C1CS[C@H](c2ccc(F)cc2)N1NS(=O)(=O)c1ccc(F)cc1. The Morgan fingerprint density at radius 1 is 1.00 bits per heavy atom. The van der Waals surface area contributed by atoms with Gasteiger partial charge in [-0.1, -0.05) is 12.1 Å². The number of sulfonamides is 1. The monoisotopic (exact) mass is 370 g/mol. The van der Waals surface area contributed by atoms with Crippen LogP contribution in [0.4, 0.5) is 8.78 Å². The molecule has 2 aromatic carbocycles. The quantitative estimate of drug-likeness (QED) is 0.898. The number of hydrazine groups is 1. The molecule has 1 aliphatic heterocycles. The molecule has 0 radical (unpaired) electrons. The molecule has 0 saturated carbocycles. The predicted octanol–water partition coefficient (Wildman–Crippen LogP) is 2.43. The topological polar surface area (TPSA) is 66.5 Å². The van der Waals surface area contributed by atoms with Crippen molar-refractivity contribution in [3.8, 4) is 0 Å². The molecule has 1 amide bonds. The van der Waals surface area contributed by atoms with Gasteiger partial charge in [0.1, 0.15) is 17.0 Å². The highest BCUT2D eigenvalue weighted by atomic mass is 32.2. The summed E-state index contributed by atoms with van der Waals surface area (Å²) in [6, 6.07) is 9.72. The maximum atomic E-state index is 13.0. The van der Waals surface area contributed by atoms with Gasteiger partial charge < -0.3 is 0 Å². The van der Waals surface area contributed by atoms with E-state index in [-0.39, 0.29) is 10.6 Å². The van der Waals surface area contributed by atoms with Gasteiger partial charge in [-0.3, -0.25) is 4.79 Å². The van der Waals surface area contributed by atoms with Crippen LogP contribution in [0.25, 0.3) is 0 Å². The Morgan fingerprint density at radius 3 is 2.12 bits per heavy atom. The van der Waals surface area contributed by atoms with Crippen LogP contribution in [0, 0.1) is 11.6 Å². The molecule has 2 aromatic rings. The molecule has 0 aliphatic carbocycles. The van der Waals surface area contributed by atoms with Gasteiger partial charge in [0.2, 0.25) is 5.91 Å². The lowest BCUT2D eigenvalue weighted by Gasteiger charge is -2.24. The van der Waals surface area contributed by atoms with E-state index < -0.39 is 32.9 Å². The van der Waals surface area contributed by atoms with Gasteiger partial charge >= 0.3 is 0 Å². The highest BCUT2D eigenvalue weighted by Crippen LogP contribution is 2.37. The maximum Gasteiger partial charge on any atom is 0.257 e. The molecule has 0 bridgehead atoms. The lowest BCUT2D eigenvalue weighted by atomic mass is 10.2. The Bertz CT molecular complexity index is 855. The van der Waals surface area contributed by atoms with E-state index in [1.807, 2.05) is 0 Å². The van der Waals surface area contributed by atoms with Crippen molar-refractivity contribution in [1.82, 2.24) is 9.84 Å². The van der Waals surface area contributed by atoms with Crippen LogP contribution in [0.15, 0.2) is 53.4 Å². The highest BCUT2D eigenvalue weighted by Gasteiger charge is 2.36. The molecule has 0 aromatic heterocycles. The van der Waals surface area contributed by atoms with Crippen LogP contribution in [0.3, 0.4) is 0 Å². The second-order valence-electron chi connectivity index (χ2n) is 5.03. The van der Waals surface area contributed by atoms with E-state index in [9.17, 15) is 22.0 Å². The molecule has 1 atom stereocenters. The fourth-order valence-corrected chi connectivity index (χ4v) is 4.43. The van der Waals surface area contributed by atoms with E-state index in [2.05, 4.69) is 4.83 Å². The van der Waals surface area contributed by atoms with E-state index in [0.717, 1.165) is 29.3 Å². The standard InChI is InChI=1S/C15H12F2N2O3S2/c16-11-3-1-10(2-4-11)15-19(14(20)9-23-15)18-24(21,22)13-7-5-12(17)6-8-13/h1-8,15,18H,9H2/t15-/m1/s1. The molecule has 0 unspecified atom stereocenters. The minimum absolute atomic E-state index is 0.0913. The van der Waals surface area contributed by atoms with Crippen molar-refractivity contribution < 1.29 is 22.0 Å². The summed E-state index contributed by atoms with van der Waals surface area (Å²) in [5, 5.41) is 0.393. The van der Waals surface area contributed by atoms with E-state index in [4.69, 9.17) is 0 Å². The Labute approximate surface area is 141 Å². The first-order valence-corrected chi connectivity index (χ1v) is 9.37. The van der Waals surface area contributed by atoms with Gasteiger partial charge in [-0.25, -0.2) is 22.2 Å². The van der Waals surface area contributed by atoms with Gasteiger partial charge in [-0.05, 0) is 42.0 Å². The van der Waals surface area contributed by atoms with Gasteiger partial charge in [0.25, 0.3) is 10.0 Å². The molecule has 126 valence electrons. The summed E-state index contributed by atoms with van der Waals surface area (Å²) in [4.78, 5) is 14.1. The first-order valence-electron chi connectivity index (χ1n) is 6.84. The minimum atomic E-state index is -4.04. The summed E-state index contributed by atoms with van der Waals surface area (Å²) >= 11 is 1.22. The van der Waals surface area contributed by atoms with Crippen molar-refractivity contribution in [3.05, 3.63) is 65.7 Å². The second-order valence-corrected chi connectivity index (χ2v) is 7.76. The van der Waals surface area contributed by atoms with Crippen LogP contribution >= 0.6 is 11.8 Å². The van der Waals surface area contributed by atoms with Crippen molar-refractivity contribution in [1.29, 1.82) is 0 Å². The van der Waals surface area contributed by atoms with Crippen molar-refractivity contribution in [2.24, 2.45) is 0 Å². The molecular weight excluding hydrogens is 358 g/mol. The Hall–Kier alpha value is -1.97. The Kier molecular flexibility index (Phi) is 4.57. The van der Waals surface area contributed by atoms with E-state index >= 15 is 0 Å². The zero-order valence-electron chi connectivity index (χ0n) is 12.1. The van der Waals surface area contributed by atoms with Gasteiger partial charge in [0.05, 0.1) is 10.6 Å². The van der Waals surface area contributed by atoms with Crippen molar-refractivity contribution in [2.75, 3.05) is 5.75 Å². The number of rotatable bonds is 4. The highest BCUT2D eigenvalue weighted by molar-refractivity contribution is 8.00. The summed E-state index contributed by atoms with van der Waals surface area (Å²) in [5.74, 6) is -1.31. The largest absolute Gasteiger partial charge is 0.272 e. The minimum Gasteiger partial charge on any atom is -0.272 e. The maximum absolute atomic E-state index is 13.0. The van der Waals surface area contributed by atoms with Crippen LogP contribution in [-0.4, -0.2) is 25.1 Å². The summed E-state index contributed by atoms with van der Waals surface area (Å²) in [5.41, 5.74) is 0.592. The third-order valence-corrected chi connectivity index (χ3v) is 5.91. The van der Waals surface area contributed by atoms with Gasteiger partial charge in [0.15, 0.2) is 0 Å². The average Bonchev–Trinajstić information content (AvgIpc) is 2.89. The second kappa shape index (κ2) is 6.50. The number of nitrogens with one attached hydrogen (secondary N) is 1. The number of amides is 1. The predicted molar refractivity (Wildman–Crippen MR) is 85.2 cm³/mol. The summed E-state index contributed by atoms with van der Waals surface area (Å²) < 4.78 is 50.7. The van der Waals surface area contributed by atoms with Crippen LogP contribution in [0.1, 0.15) is 10.9 Å². The Balaban J connectivity index is 1.87. The van der Waals surface area contributed by atoms with Gasteiger partial charge in [-0.15, -0.1) is 16.6 Å². The fraction of sp³-hybridized carbons (Fsp3) is 0.133. The molecule has 1 aliphatic rings. The van der Waals surface area contributed by atoms with E-state index in [1.54, 1.807) is 0 Å². The molecule has 1 fully saturated rings. The van der Waals surface area contributed by atoms with Gasteiger partial charge in [0, 0.05) is 0 Å². The molecule has 1 heterocycles. The number of nitrogens with zero attached hydrogens (tertiary/aromatic N) is 1. The molecule has 3 rings (SSSR count). The summed E-state index contributed by atoms with van der Waals surface area (Å²) in [6.07, 6.45) is 0. The number of hydrogen-bond donors (Lipinski definition) is 1. The molecule has 1 N–H and O–H groups in total. The number of hydrogen-bond acceptors (Lipinski definition) is 4. The van der Waals surface area contributed by atoms with Crippen molar-refractivity contribution in [2.45, 2.75) is 10.3 Å². The zero-order chi connectivity index (χ0) is 17.3. The normalized spacial score (nSPS) is 18.2. The van der Waals surface area contributed by atoms with Crippen LogP contribution < -0.4 is 4.83 Å². The van der Waals surface area contributed by atoms with E-state index in [0.29, 0.717) is 5.56 Å². The Morgan fingerprint density at radius 2 is 1.54 bits per heavy atom. The molecule has 5 nitrogen and oxygen atoms in total. The lowest BCUT2D eigenvalue weighted by molar-refractivity contribution is -0.129. The van der Waals surface area contributed by atoms with Crippen LogP contribution in [-0.2, 0) is 14.8 Å². The zero-order valence-corrected chi connectivity index (χ0v) is 13.8. The number of carbonyl (C=O) groups excluding carboxylic acids is 1. The molecule has 1 saturated heterocycles. The average molecular weight is 370 g/mol. The van der Waals surface area contributed by atoms with Crippen LogP contribution in [0.5, 0.6) is 0 Å². The molecular formula is C15H12F2N2O3S2. The van der Waals surface area contributed by atoms with Crippen molar-refractivity contribution in [3.63, 3.8) is 0 Å². The number of carbonyl (C=O) groups is 1. The third-order valence-electron chi connectivity index (χ3n) is 3.37. The number of thioether (sulfide) groups is 1. The lowest BCUT2D eigenvalue weighted by Crippen LogP contribution is -2.44. The molecule has 0 spiro atoms. The smallest absolute Gasteiger partial charge is 0.257 e. The van der Waals surface area contributed by atoms with Gasteiger partial charge in [-0.2, -0.15) is 0 Å². The summed E-state index contributed by atoms with van der Waals surface area (Å²) in [7, 11) is -4.04. The number of halogens is 2. The third kappa shape index (κ3) is 3.42. The van der Waals surface area contributed by atoms with Crippen molar-refractivity contribution >= 4 is 27.7 Å². The summed E-state index contributed by atoms with van der Waals surface area (Å²) in [6.45, 7) is 0. The van der Waals surface area contributed by atoms with E-state index in [1.165, 1.54) is 36.0 Å². The number of benzene rings is 2. The van der Waals surface area contributed by atoms with Crippen LogP contribution in [0.2, 0.25) is 0 Å². The molecule has 24 heavy (non-hydrogen) atoms. The fourth-order valence-electron chi connectivity index (χ4n) is 2.19. The molecule has 9 heteroatoms. The first-order chi connectivity index (χ1) is 11.4.